The van der Waals surface area contributed by atoms with Gasteiger partial charge in [-0.2, -0.15) is 0 Å². The lowest BCUT2D eigenvalue weighted by Gasteiger charge is -2.04. The van der Waals surface area contributed by atoms with Crippen molar-refractivity contribution in [3.05, 3.63) is 64.2 Å². The van der Waals surface area contributed by atoms with Gasteiger partial charge in [-0.1, -0.05) is 30.3 Å². The van der Waals surface area contributed by atoms with E-state index in [1.165, 1.54) is 0 Å². The molecule has 2 rings (SSSR count). The predicted octanol–water partition coefficient (Wildman–Crippen LogP) is 3.50. The molecule has 0 spiro atoms. The highest BCUT2D eigenvalue weighted by atomic mass is 32.1. The van der Waals surface area contributed by atoms with Crippen LogP contribution in [-0.2, 0) is 9.53 Å². The topological polar surface area (TPSA) is 92.7 Å². The van der Waals surface area contributed by atoms with Crippen LogP contribution in [0.15, 0.2) is 48.2 Å². The normalized spacial score (nSPS) is 11.0. The molecule has 25 heavy (non-hydrogen) atoms. The summed E-state index contributed by atoms with van der Waals surface area (Å²) >= 11 is 1.08. The van der Waals surface area contributed by atoms with Gasteiger partial charge in [-0.15, -0.1) is 11.3 Å². The van der Waals surface area contributed by atoms with Gasteiger partial charge in [0.15, 0.2) is 5.78 Å². The molecule has 1 heterocycles. The molecule has 0 aliphatic rings. The molecule has 1 aromatic heterocycles. The number of ketones is 1. The minimum atomic E-state index is -1.27. The number of benzene rings is 1. The number of hydrogen-bond donors (Lipinski definition) is 2. The number of allylic oxidation sites excluding steroid dienone is 1. The smallest absolute Gasteiger partial charge is 0.352 e. The molecule has 0 fully saturated rings. The maximum absolute atomic E-state index is 12.2. The number of carboxylic acid groups (broad SMARTS) is 1. The first-order valence-electron chi connectivity index (χ1n) is 7.51. The highest BCUT2D eigenvalue weighted by Gasteiger charge is 2.17. The van der Waals surface area contributed by atoms with E-state index in [4.69, 9.17) is 4.74 Å². The van der Waals surface area contributed by atoms with Crippen molar-refractivity contribution in [1.29, 1.82) is 0 Å². The highest BCUT2D eigenvalue weighted by Crippen LogP contribution is 2.28. The number of aliphatic carboxylic acids is 1. The monoisotopic (exact) mass is 359 g/mol. The van der Waals surface area contributed by atoms with Gasteiger partial charge in [-0.05, 0) is 25.5 Å². The van der Waals surface area contributed by atoms with Crippen LogP contribution in [0, 0.1) is 6.92 Å². The maximum Gasteiger partial charge on any atom is 0.352 e. The average Bonchev–Trinajstić information content (AvgIpc) is 2.95. The average molecular weight is 359 g/mol. The number of nitrogens with one attached hydrogen (secondary N) is 1. The van der Waals surface area contributed by atoms with E-state index in [0.29, 0.717) is 21.0 Å². The molecule has 2 aromatic rings. The molecule has 0 unspecified atom stereocenters. The Bertz CT molecular complexity index is 823. The van der Waals surface area contributed by atoms with Crippen LogP contribution >= 0.6 is 11.3 Å². The molecule has 130 valence electrons. The van der Waals surface area contributed by atoms with Crippen molar-refractivity contribution in [2.24, 2.45) is 0 Å². The molecular weight excluding hydrogens is 342 g/mol. The third-order valence-corrected chi connectivity index (χ3v) is 4.33. The van der Waals surface area contributed by atoms with E-state index in [-0.39, 0.29) is 12.3 Å². The first-order chi connectivity index (χ1) is 11.9. The number of rotatable bonds is 7. The summed E-state index contributed by atoms with van der Waals surface area (Å²) in [6, 6.07) is 10.0. The summed E-state index contributed by atoms with van der Waals surface area (Å²) in [5.74, 6) is -2.16. The predicted molar refractivity (Wildman–Crippen MR) is 95.1 cm³/mol. The van der Waals surface area contributed by atoms with Gasteiger partial charge in [0, 0.05) is 11.6 Å². The lowest BCUT2D eigenvalue weighted by Crippen LogP contribution is -2.12. The van der Waals surface area contributed by atoms with Crippen molar-refractivity contribution in [1.82, 2.24) is 0 Å². The van der Waals surface area contributed by atoms with Gasteiger partial charge < -0.3 is 15.2 Å². The quantitative estimate of drug-likeness (QED) is 0.446. The minimum absolute atomic E-state index is 0.255. The molecular formula is C18H17NO5S. The van der Waals surface area contributed by atoms with Crippen LogP contribution in [0.1, 0.15) is 32.5 Å². The Morgan fingerprint density at radius 1 is 1.24 bits per heavy atom. The zero-order valence-electron chi connectivity index (χ0n) is 13.7. The third-order valence-electron chi connectivity index (χ3n) is 3.20. The summed E-state index contributed by atoms with van der Waals surface area (Å²) in [6.45, 7) is 3.69. The van der Waals surface area contributed by atoms with Crippen molar-refractivity contribution in [2.45, 2.75) is 13.8 Å². The summed E-state index contributed by atoms with van der Waals surface area (Å²) < 4.78 is 4.96. The van der Waals surface area contributed by atoms with Gasteiger partial charge in [0.05, 0.1) is 11.6 Å². The van der Waals surface area contributed by atoms with Crippen molar-refractivity contribution < 1.29 is 24.2 Å². The lowest BCUT2D eigenvalue weighted by atomic mass is 10.1. The van der Waals surface area contributed by atoms with Gasteiger partial charge in [0.2, 0.25) is 0 Å². The maximum atomic E-state index is 12.2. The molecule has 1 aromatic carbocycles. The molecule has 2 N–H and O–H groups in total. The SMILES string of the molecule is CCOC(=O)c1sc(N/C(=C/C(=O)c2ccccc2)C(=O)O)cc1C. The number of carboxylic acids is 1. The van der Waals surface area contributed by atoms with Crippen LogP contribution in [0.4, 0.5) is 5.00 Å². The third kappa shape index (κ3) is 4.77. The molecule has 0 saturated heterocycles. The summed E-state index contributed by atoms with van der Waals surface area (Å²) in [5, 5.41) is 12.5. The fourth-order valence-corrected chi connectivity index (χ4v) is 3.02. The number of esters is 1. The van der Waals surface area contributed by atoms with Crippen LogP contribution in [0.3, 0.4) is 0 Å². The Kier molecular flexibility index (Phi) is 6.08. The van der Waals surface area contributed by atoms with Crippen molar-refractivity contribution in [2.75, 3.05) is 11.9 Å². The minimum Gasteiger partial charge on any atom is -0.477 e. The molecule has 0 radical (unpaired) electrons. The Balaban J connectivity index is 2.24. The van der Waals surface area contributed by atoms with Gasteiger partial charge in [-0.3, -0.25) is 4.79 Å². The Morgan fingerprint density at radius 3 is 2.52 bits per heavy atom. The first-order valence-corrected chi connectivity index (χ1v) is 8.33. The standard InChI is InChI=1S/C18H17NO5S/c1-3-24-18(23)16-11(2)9-15(25-16)19-13(17(21)22)10-14(20)12-7-5-4-6-8-12/h4-10,19H,3H2,1-2H3,(H,21,22)/b13-10+. The zero-order valence-corrected chi connectivity index (χ0v) is 14.6. The van der Waals surface area contributed by atoms with Crippen molar-refractivity contribution in [3.8, 4) is 0 Å². The van der Waals surface area contributed by atoms with Crippen LogP contribution in [0.2, 0.25) is 0 Å². The molecule has 6 nitrogen and oxygen atoms in total. The van der Waals surface area contributed by atoms with E-state index in [9.17, 15) is 19.5 Å². The van der Waals surface area contributed by atoms with Crippen LogP contribution in [0.5, 0.6) is 0 Å². The fourth-order valence-electron chi connectivity index (χ4n) is 2.04. The second-order valence-corrected chi connectivity index (χ2v) is 6.11. The van der Waals surface area contributed by atoms with E-state index < -0.39 is 17.7 Å². The summed E-state index contributed by atoms with van der Waals surface area (Å²) in [6.07, 6.45) is 1.02. The molecule has 0 aliphatic heterocycles. The van der Waals surface area contributed by atoms with E-state index >= 15 is 0 Å². The van der Waals surface area contributed by atoms with Gasteiger partial charge in [0.25, 0.3) is 0 Å². The molecule has 0 aliphatic carbocycles. The Labute approximate surface area is 148 Å². The number of aryl methyl sites for hydroxylation is 1. The molecule has 7 heteroatoms. The van der Waals surface area contributed by atoms with Crippen LogP contribution in [-0.4, -0.2) is 29.4 Å². The number of ether oxygens (including phenoxy) is 1. The Morgan fingerprint density at radius 2 is 1.92 bits per heavy atom. The second kappa shape index (κ2) is 8.25. The van der Waals surface area contributed by atoms with Crippen molar-refractivity contribution in [3.63, 3.8) is 0 Å². The number of anilines is 1. The van der Waals surface area contributed by atoms with Crippen LogP contribution < -0.4 is 5.32 Å². The van der Waals surface area contributed by atoms with Gasteiger partial charge >= 0.3 is 11.9 Å². The fraction of sp³-hybridized carbons (Fsp3) is 0.167. The highest BCUT2D eigenvalue weighted by molar-refractivity contribution is 7.18. The molecule has 0 atom stereocenters. The number of hydrogen-bond acceptors (Lipinski definition) is 6. The second-order valence-electron chi connectivity index (χ2n) is 5.06. The van der Waals surface area contributed by atoms with Crippen molar-refractivity contribution >= 4 is 34.1 Å². The zero-order chi connectivity index (χ0) is 18.4. The van der Waals surface area contributed by atoms with E-state index in [2.05, 4.69) is 5.32 Å². The molecule has 0 bridgehead atoms. The van der Waals surface area contributed by atoms with E-state index in [1.807, 2.05) is 0 Å². The first kappa shape index (κ1) is 18.4. The summed E-state index contributed by atoms with van der Waals surface area (Å²) in [4.78, 5) is 35.8. The number of thiophene rings is 1. The Hall–Kier alpha value is -2.93. The van der Waals surface area contributed by atoms with Gasteiger partial charge in [0.1, 0.15) is 10.6 Å². The number of carbonyl (C=O) groups is 3. The number of carbonyl (C=O) groups excluding carboxylic acids is 2. The van der Waals surface area contributed by atoms with Crippen LogP contribution in [0.25, 0.3) is 0 Å². The largest absolute Gasteiger partial charge is 0.477 e. The van der Waals surface area contributed by atoms with E-state index in [0.717, 1.165) is 17.4 Å². The molecule has 0 amide bonds. The molecule has 0 saturated carbocycles. The van der Waals surface area contributed by atoms with Gasteiger partial charge in [-0.25, -0.2) is 9.59 Å². The lowest BCUT2D eigenvalue weighted by molar-refractivity contribution is -0.132. The van der Waals surface area contributed by atoms with E-state index in [1.54, 1.807) is 50.2 Å². The summed E-state index contributed by atoms with van der Waals surface area (Å²) in [7, 11) is 0. The summed E-state index contributed by atoms with van der Waals surface area (Å²) in [5.41, 5.74) is 0.785.